The number of aliphatic carboxylic acids is 1. The average Bonchev–Trinajstić information content (AvgIpc) is 2.86. The number of nitrogens with zero attached hydrogens (tertiary/aromatic N) is 2. The van der Waals surface area contributed by atoms with Gasteiger partial charge in [0, 0.05) is 51.6 Å². The van der Waals surface area contributed by atoms with Crippen LogP contribution in [0.4, 0.5) is 5.82 Å². The van der Waals surface area contributed by atoms with Crippen molar-refractivity contribution in [2.24, 2.45) is 5.92 Å². The molecule has 0 aliphatic carbocycles. The van der Waals surface area contributed by atoms with Gasteiger partial charge in [0.2, 0.25) is 5.91 Å². The zero-order valence-corrected chi connectivity index (χ0v) is 20.4. The van der Waals surface area contributed by atoms with E-state index in [1.807, 2.05) is 0 Å². The van der Waals surface area contributed by atoms with Gasteiger partial charge >= 0.3 is 5.97 Å². The maximum Gasteiger partial charge on any atom is 0.326 e. The normalized spacial score (nSPS) is 17.1. The van der Waals surface area contributed by atoms with Crippen molar-refractivity contribution in [2.75, 3.05) is 58.4 Å². The van der Waals surface area contributed by atoms with Gasteiger partial charge in [0.1, 0.15) is 11.9 Å². The molecule has 3 heterocycles. The zero-order valence-electron chi connectivity index (χ0n) is 20.4. The quantitative estimate of drug-likeness (QED) is 0.350. The number of hydrogen-bond acceptors (Lipinski definition) is 7. The number of amides is 1. The number of rotatable bonds is 14. The first kappa shape index (κ1) is 26.4. The number of anilines is 1. The van der Waals surface area contributed by atoms with Crippen LogP contribution in [0, 0.1) is 5.92 Å². The Balaban J connectivity index is 1.43. The highest BCUT2D eigenvalue weighted by Crippen LogP contribution is 2.20. The van der Waals surface area contributed by atoms with Gasteiger partial charge in [0.05, 0.1) is 6.61 Å². The Morgan fingerprint density at radius 2 is 2.09 bits per heavy atom. The van der Waals surface area contributed by atoms with E-state index in [1.165, 1.54) is 5.56 Å². The molecule has 0 radical (unpaired) electrons. The fourth-order valence-corrected chi connectivity index (χ4v) is 4.52. The molecule has 1 amide bonds. The summed E-state index contributed by atoms with van der Waals surface area (Å²) in [6, 6.07) is 3.44. The Kier molecular flexibility index (Phi) is 11.0. The molecule has 1 aromatic rings. The number of hydrogen-bond donors (Lipinski definition) is 3. The molecule has 1 aromatic heterocycles. The molecule has 34 heavy (non-hydrogen) atoms. The standard InChI is InChI=1S/C25H40N4O5/c1-33-18-15-29(13-3-2-6-21-8-7-19-5-4-12-26-23(19)27-21)14-9-22(25(31)32)28-24(30)20-10-16-34-17-11-20/h7-8,20,22H,2-6,9-18H2,1H3,(H,26,27)(H,28,30)(H,31,32). The number of carbonyl (C=O) groups excluding carboxylic acids is 1. The molecule has 9 nitrogen and oxygen atoms in total. The number of ether oxygens (including phenoxy) is 2. The molecule has 3 rings (SSSR count). The van der Waals surface area contributed by atoms with E-state index in [4.69, 9.17) is 14.5 Å². The van der Waals surface area contributed by atoms with Gasteiger partial charge in [-0.05, 0) is 69.5 Å². The molecular weight excluding hydrogens is 436 g/mol. The summed E-state index contributed by atoms with van der Waals surface area (Å²) in [5.74, 6) is -0.286. The third-order valence-corrected chi connectivity index (χ3v) is 6.66. The summed E-state index contributed by atoms with van der Waals surface area (Å²) in [7, 11) is 1.67. The van der Waals surface area contributed by atoms with Crippen LogP contribution in [-0.4, -0.2) is 86.0 Å². The maximum atomic E-state index is 12.5. The second-order valence-electron chi connectivity index (χ2n) is 9.21. The van der Waals surface area contributed by atoms with Crippen molar-refractivity contribution < 1.29 is 24.2 Å². The molecule has 3 N–H and O–H groups in total. The summed E-state index contributed by atoms with van der Waals surface area (Å²) in [5.41, 5.74) is 2.41. The molecule has 1 fully saturated rings. The largest absolute Gasteiger partial charge is 0.480 e. The Labute approximate surface area is 202 Å². The van der Waals surface area contributed by atoms with Crippen LogP contribution in [0.3, 0.4) is 0 Å². The number of unbranched alkanes of at least 4 members (excludes halogenated alkanes) is 1. The number of carboxylic acid groups (broad SMARTS) is 1. The van der Waals surface area contributed by atoms with Gasteiger partial charge in [-0.15, -0.1) is 0 Å². The van der Waals surface area contributed by atoms with Crippen molar-refractivity contribution >= 4 is 17.7 Å². The molecule has 1 unspecified atom stereocenters. The fourth-order valence-electron chi connectivity index (χ4n) is 4.52. The van der Waals surface area contributed by atoms with E-state index in [1.54, 1.807) is 7.11 Å². The highest BCUT2D eigenvalue weighted by molar-refractivity contribution is 5.85. The van der Waals surface area contributed by atoms with Crippen molar-refractivity contribution in [3.63, 3.8) is 0 Å². The number of aromatic nitrogens is 1. The fraction of sp³-hybridized carbons (Fsp3) is 0.720. The number of methoxy groups -OCH3 is 1. The SMILES string of the molecule is COCCN(CCCCc1ccc2c(n1)NCCC2)CCC(NC(=O)C1CCOCC1)C(=O)O. The van der Waals surface area contributed by atoms with E-state index in [0.717, 1.165) is 63.3 Å². The second kappa shape index (κ2) is 14.2. The van der Waals surface area contributed by atoms with Crippen LogP contribution in [0.25, 0.3) is 0 Å². The smallest absolute Gasteiger partial charge is 0.326 e. The van der Waals surface area contributed by atoms with Gasteiger partial charge in [-0.3, -0.25) is 4.79 Å². The van der Waals surface area contributed by atoms with Crippen LogP contribution in [0.5, 0.6) is 0 Å². The molecule has 190 valence electrons. The maximum absolute atomic E-state index is 12.5. The number of carbonyl (C=O) groups is 2. The number of nitrogens with one attached hydrogen (secondary N) is 2. The summed E-state index contributed by atoms with van der Waals surface area (Å²) in [6.45, 7) is 4.87. The third-order valence-electron chi connectivity index (χ3n) is 6.66. The first-order valence-corrected chi connectivity index (χ1v) is 12.6. The topological polar surface area (TPSA) is 113 Å². The van der Waals surface area contributed by atoms with E-state index >= 15 is 0 Å². The second-order valence-corrected chi connectivity index (χ2v) is 9.21. The van der Waals surface area contributed by atoms with Gasteiger partial charge in [0.25, 0.3) is 0 Å². The lowest BCUT2D eigenvalue weighted by molar-refractivity contribution is -0.143. The van der Waals surface area contributed by atoms with Crippen LogP contribution in [0.15, 0.2) is 12.1 Å². The number of pyridine rings is 1. The molecular formula is C25H40N4O5. The molecule has 0 aromatic carbocycles. The van der Waals surface area contributed by atoms with Crippen LogP contribution >= 0.6 is 0 Å². The molecule has 0 bridgehead atoms. The molecule has 2 aliphatic rings. The minimum atomic E-state index is -0.987. The highest BCUT2D eigenvalue weighted by atomic mass is 16.5. The van der Waals surface area contributed by atoms with Crippen LogP contribution in [0.2, 0.25) is 0 Å². The van der Waals surface area contributed by atoms with Gasteiger partial charge in [0.15, 0.2) is 0 Å². The van der Waals surface area contributed by atoms with Gasteiger partial charge in [-0.25, -0.2) is 9.78 Å². The average molecular weight is 477 g/mol. The Morgan fingerprint density at radius 1 is 1.26 bits per heavy atom. The predicted molar refractivity (Wildman–Crippen MR) is 130 cm³/mol. The van der Waals surface area contributed by atoms with E-state index in [0.29, 0.717) is 45.6 Å². The molecule has 9 heteroatoms. The molecule has 1 saturated heterocycles. The number of fused-ring (bicyclic) bond motifs is 1. The van der Waals surface area contributed by atoms with Crippen molar-refractivity contribution in [1.29, 1.82) is 0 Å². The first-order valence-electron chi connectivity index (χ1n) is 12.6. The van der Waals surface area contributed by atoms with Crippen molar-refractivity contribution in [3.8, 4) is 0 Å². The summed E-state index contributed by atoms with van der Waals surface area (Å²) in [5, 5.41) is 15.8. The minimum Gasteiger partial charge on any atom is -0.480 e. The zero-order chi connectivity index (χ0) is 24.2. The minimum absolute atomic E-state index is 0.160. The number of aryl methyl sites for hydroxylation is 2. The monoisotopic (exact) mass is 476 g/mol. The highest BCUT2D eigenvalue weighted by Gasteiger charge is 2.27. The van der Waals surface area contributed by atoms with Crippen LogP contribution < -0.4 is 10.6 Å². The van der Waals surface area contributed by atoms with Crippen LogP contribution in [0.1, 0.15) is 49.8 Å². The Hall–Kier alpha value is -2.23. The van der Waals surface area contributed by atoms with E-state index in [9.17, 15) is 14.7 Å². The van der Waals surface area contributed by atoms with Gasteiger partial charge in [-0.2, -0.15) is 0 Å². The summed E-state index contributed by atoms with van der Waals surface area (Å²) >= 11 is 0. The lowest BCUT2D eigenvalue weighted by atomic mass is 9.98. The van der Waals surface area contributed by atoms with E-state index in [-0.39, 0.29) is 11.8 Å². The lowest BCUT2D eigenvalue weighted by Crippen LogP contribution is -2.46. The Morgan fingerprint density at radius 3 is 2.85 bits per heavy atom. The van der Waals surface area contributed by atoms with E-state index < -0.39 is 12.0 Å². The van der Waals surface area contributed by atoms with Gasteiger partial charge in [-0.1, -0.05) is 6.07 Å². The molecule has 0 saturated carbocycles. The molecule has 2 aliphatic heterocycles. The molecule has 1 atom stereocenters. The lowest BCUT2D eigenvalue weighted by Gasteiger charge is -2.26. The first-order chi connectivity index (χ1) is 16.6. The van der Waals surface area contributed by atoms with Crippen molar-refractivity contribution in [3.05, 3.63) is 23.4 Å². The Bertz CT molecular complexity index is 785. The summed E-state index contributed by atoms with van der Waals surface area (Å²) < 4.78 is 10.5. The summed E-state index contributed by atoms with van der Waals surface area (Å²) in [6.07, 6.45) is 6.84. The summed E-state index contributed by atoms with van der Waals surface area (Å²) in [4.78, 5) is 31.3. The van der Waals surface area contributed by atoms with E-state index in [2.05, 4.69) is 27.7 Å². The van der Waals surface area contributed by atoms with Crippen molar-refractivity contribution in [2.45, 2.75) is 57.4 Å². The predicted octanol–water partition coefficient (Wildman–Crippen LogP) is 2.10. The van der Waals surface area contributed by atoms with Crippen LogP contribution in [-0.2, 0) is 31.9 Å². The van der Waals surface area contributed by atoms with Crippen molar-refractivity contribution in [1.82, 2.24) is 15.2 Å². The molecule has 0 spiro atoms. The third kappa shape index (κ3) is 8.52. The van der Waals surface area contributed by atoms with Gasteiger partial charge < -0.3 is 30.1 Å². The number of carboxylic acids is 1.